The monoisotopic (exact) mass is 352 g/mol. The van der Waals surface area contributed by atoms with Gasteiger partial charge in [0.25, 0.3) is 0 Å². The van der Waals surface area contributed by atoms with E-state index in [4.69, 9.17) is 10.6 Å². The highest BCUT2D eigenvalue weighted by Crippen LogP contribution is 2.23. The van der Waals surface area contributed by atoms with Gasteiger partial charge in [0.05, 0.1) is 12.6 Å². The fourth-order valence-corrected chi connectivity index (χ4v) is 2.48. The van der Waals surface area contributed by atoms with Gasteiger partial charge in [-0.2, -0.15) is 0 Å². The van der Waals surface area contributed by atoms with Crippen molar-refractivity contribution in [3.63, 3.8) is 0 Å². The van der Waals surface area contributed by atoms with Crippen LogP contribution < -0.4 is 16.0 Å². The Bertz CT molecular complexity index is 589. The van der Waals surface area contributed by atoms with Crippen molar-refractivity contribution in [3.05, 3.63) is 63.9 Å². The van der Waals surface area contributed by atoms with Crippen molar-refractivity contribution in [2.75, 3.05) is 6.61 Å². The van der Waals surface area contributed by atoms with Crippen LogP contribution in [0.25, 0.3) is 0 Å². The van der Waals surface area contributed by atoms with E-state index in [-0.39, 0.29) is 11.9 Å². The van der Waals surface area contributed by atoms with Crippen molar-refractivity contribution in [2.24, 2.45) is 5.84 Å². The smallest absolute Gasteiger partial charge is 0.127 e. The van der Waals surface area contributed by atoms with E-state index in [1.54, 1.807) is 6.07 Å². The van der Waals surface area contributed by atoms with Crippen LogP contribution in [0.15, 0.2) is 46.9 Å². The third-order valence-corrected chi connectivity index (χ3v) is 3.73. The standard InChI is InChI=1S/C16H18BrFN2O/c1-2-21-14-7-4-11(5-8-14)16(20-19)9-12-3-6-13(17)10-15(12)18/h3-8,10,16,20H,2,9,19H2,1H3. The SMILES string of the molecule is CCOc1ccc(C(Cc2ccc(Br)cc2F)NN)cc1. The molecular formula is C16H18BrFN2O. The lowest BCUT2D eigenvalue weighted by Crippen LogP contribution is -2.29. The second kappa shape index (κ2) is 7.54. The van der Waals surface area contributed by atoms with Crippen molar-refractivity contribution in [1.82, 2.24) is 5.43 Å². The first-order valence-electron chi connectivity index (χ1n) is 6.77. The predicted molar refractivity (Wildman–Crippen MR) is 85.5 cm³/mol. The molecule has 2 aromatic rings. The summed E-state index contributed by atoms with van der Waals surface area (Å²) in [6.45, 7) is 2.57. The van der Waals surface area contributed by atoms with Crippen LogP contribution in [-0.4, -0.2) is 6.61 Å². The van der Waals surface area contributed by atoms with Crippen molar-refractivity contribution >= 4 is 15.9 Å². The number of rotatable bonds is 6. The first-order valence-corrected chi connectivity index (χ1v) is 7.56. The number of nitrogens with one attached hydrogen (secondary N) is 1. The van der Waals surface area contributed by atoms with Gasteiger partial charge in [-0.25, -0.2) is 4.39 Å². The van der Waals surface area contributed by atoms with Crippen molar-refractivity contribution in [1.29, 1.82) is 0 Å². The minimum atomic E-state index is -0.240. The van der Waals surface area contributed by atoms with Crippen LogP contribution >= 0.6 is 15.9 Å². The Hall–Kier alpha value is -1.43. The maximum Gasteiger partial charge on any atom is 0.127 e. The summed E-state index contributed by atoms with van der Waals surface area (Å²) in [4.78, 5) is 0. The molecule has 0 bridgehead atoms. The number of hydrogen-bond acceptors (Lipinski definition) is 3. The highest BCUT2D eigenvalue weighted by molar-refractivity contribution is 9.10. The molecule has 2 aromatic carbocycles. The number of hydrazine groups is 1. The Morgan fingerprint density at radius 1 is 1.24 bits per heavy atom. The van der Waals surface area contributed by atoms with Gasteiger partial charge in [-0.05, 0) is 48.7 Å². The van der Waals surface area contributed by atoms with Gasteiger partial charge < -0.3 is 4.74 Å². The fourth-order valence-electron chi connectivity index (χ4n) is 2.14. The minimum absolute atomic E-state index is 0.156. The molecule has 0 aliphatic heterocycles. The summed E-state index contributed by atoms with van der Waals surface area (Å²) in [6, 6.07) is 12.5. The molecule has 0 amide bonds. The zero-order valence-corrected chi connectivity index (χ0v) is 13.4. The number of halogens is 2. The second-order valence-electron chi connectivity index (χ2n) is 4.66. The van der Waals surface area contributed by atoms with Gasteiger partial charge in [0.1, 0.15) is 11.6 Å². The third kappa shape index (κ3) is 4.27. The third-order valence-electron chi connectivity index (χ3n) is 3.23. The van der Waals surface area contributed by atoms with Crippen molar-refractivity contribution in [2.45, 2.75) is 19.4 Å². The quantitative estimate of drug-likeness (QED) is 0.615. The largest absolute Gasteiger partial charge is 0.494 e. The van der Waals surface area contributed by atoms with Crippen LogP contribution in [0, 0.1) is 5.82 Å². The molecule has 0 radical (unpaired) electrons. The highest BCUT2D eigenvalue weighted by atomic mass is 79.9. The number of hydrogen-bond donors (Lipinski definition) is 2. The Labute approximate surface area is 132 Å². The molecule has 0 fully saturated rings. The molecule has 1 atom stereocenters. The molecule has 0 aliphatic carbocycles. The zero-order valence-electron chi connectivity index (χ0n) is 11.8. The Kier molecular flexibility index (Phi) is 5.73. The topological polar surface area (TPSA) is 47.3 Å². The van der Waals surface area contributed by atoms with E-state index in [0.717, 1.165) is 15.8 Å². The van der Waals surface area contributed by atoms with Crippen LogP contribution in [0.1, 0.15) is 24.1 Å². The summed E-state index contributed by atoms with van der Waals surface area (Å²) in [6.07, 6.45) is 0.476. The normalized spacial score (nSPS) is 12.2. The van der Waals surface area contributed by atoms with Crippen LogP contribution in [0.3, 0.4) is 0 Å². The van der Waals surface area contributed by atoms with Gasteiger partial charge >= 0.3 is 0 Å². The van der Waals surface area contributed by atoms with Gasteiger partial charge in [0, 0.05) is 4.47 Å². The number of ether oxygens (including phenoxy) is 1. The van der Waals surface area contributed by atoms with Gasteiger partial charge in [0.2, 0.25) is 0 Å². The lowest BCUT2D eigenvalue weighted by molar-refractivity contribution is 0.340. The lowest BCUT2D eigenvalue weighted by atomic mass is 9.99. The van der Waals surface area contributed by atoms with E-state index in [0.29, 0.717) is 18.6 Å². The van der Waals surface area contributed by atoms with Gasteiger partial charge in [0.15, 0.2) is 0 Å². The molecule has 0 spiro atoms. The summed E-state index contributed by atoms with van der Waals surface area (Å²) >= 11 is 3.25. The number of benzene rings is 2. The van der Waals surface area contributed by atoms with Gasteiger partial charge in [-0.3, -0.25) is 11.3 Å². The molecule has 3 nitrogen and oxygen atoms in total. The first-order chi connectivity index (χ1) is 10.1. The van der Waals surface area contributed by atoms with Crippen molar-refractivity contribution in [3.8, 4) is 5.75 Å². The molecule has 112 valence electrons. The summed E-state index contributed by atoms with van der Waals surface area (Å²) in [5.74, 6) is 6.19. The highest BCUT2D eigenvalue weighted by Gasteiger charge is 2.13. The summed E-state index contributed by atoms with van der Waals surface area (Å²) in [7, 11) is 0. The van der Waals surface area contributed by atoms with E-state index in [2.05, 4.69) is 21.4 Å². The Balaban J connectivity index is 2.15. The number of nitrogens with two attached hydrogens (primary N) is 1. The van der Waals surface area contributed by atoms with E-state index in [9.17, 15) is 4.39 Å². The van der Waals surface area contributed by atoms with E-state index < -0.39 is 0 Å². The summed E-state index contributed by atoms with van der Waals surface area (Å²) in [5, 5.41) is 0. The van der Waals surface area contributed by atoms with E-state index in [1.165, 1.54) is 6.07 Å². The molecule has 0 aliphatic rings. The molecule has 5 heteroatoms. The molecule has 3 N–H and O–H groups in total. The first kappa shape index (κ1) is 15.9. The van der Waals surface area contributed by atoms with Crippen LogP contribution in [0.5, 0.6) is 5.75 Å². The lowest BCUT2D eigenvalue weighted by Gasteiger charge is -2.17. The molecule has 0 saturated carbocycles. The summed E-state index contributed by atoms with van der Waals surface area (Å²) < 4.78 is 20.0. The average molecular weight is 353 g/mol. The molecule has 0 aromatic heterocycles. The Morgan fingerprint density at radius 2 is 1.95 bits per heavy atom. The predicted octanol–water partition coefficient (Wildman–Crippen LogP) is 3.73. The molecule has 0 heterocycles. The van der Waals surface area contributed by atoms with Gasteiger partial charge in [-0.15, -0.1) is 0 Å². The summed E-state index contributed by atoms with van der Waals surface area (Å²) in [5.41, 5.74) is 4.35. The second-order valence-corrected chi connectivity index (χ2v) is 5.58. The fraction of sp³-hybridized carbons (Fsp3) is 0.250. The van der Waals surface area contributed by atoms with E-state index in [1.807, 2.05) is 37.3 Å². The maximum atomic E-state index is 13.9. The molecule has 21 heavy (non-hydrogen) atoms. The Morgan fingerprint density at radius 3 is 2.52 bits per heavy atom. The van der Waals surface area contributed by atoms with Crippen LogP contribution in [-0.2, 0) is 6.42 Å². The van der Waals surface area contributed by atoms with E-state index >= 15 is 0 Å². The van der Waals surface area contributed by atoms with Crippen molar-refractivity contribution < 1.29 is 9.13 Å². The van der Waals surface area contributed by atoms with Gasteiger partial charge in [-0.1, -0.05) is 34.1 Å². The minimum Gasteiger partial charge on any atom is -0.494 e. The maximum absolute atomic E-state index is 13.9. The molecule has 2 rings (SSSR count). The average Bonchev–Trinajstić information content (AvgIpc) is 2.48. The van der Waals surface area contributed by atoms with Crippen LogP contribution in [0.4, 0.5) is 4.39 Å². The molecule has 1 unspecified atom stereocenters. The van der Waals surface area contributed by atoms with Crippen LogP contribution in [0.2, 0.25) is 0 Å². The molecular weight excluding hydrogens is 335 g/mol. The molecule has 0 saturated heterocycles. The zero-order chi connectivity index (χ0) is 15.2.